The fourth-order valence-corrected chi connectivity index (χ4v) is 2.51. The molecule has 1 unspecified atom stereocenters. The fraction of sp³-hybridized carbons (Fsp3) is 0.867. The minimum Gasteiger partial charge on any atom is -0.481 e. The molecule has 0 aromatic rings. The largest absolute Gasteiger partial charge is 0.481 e. The number of carboxylic acid groups (broad SMARTS) is 1. The van der Waals surface area contributed by atoms with Crippen molar-refractivity contribution in [2.75, 3.05) is 20.0 Å². The summed E-state index contributed by atoms with van der Waals surface area (Å²) in [5.74, 6) is -1.26. The Labute approximate surface area is 134 Å². The molecule has 0 radical (unpaired) electrons. The molecule has 0 bridgehead atoms. The van der Waals surface area contributed by atoms with Gasteiger partial charge >= 0.3 is 12.1 Å². The van der Waals surface area contributed by atoms with E-state index in [4.69, 9.17) is 9.84 Å². The molecule has 0 rings (SSSR count). The molecule has 2 N–H and O–H groups in total. The van der Waals surface area contributed by atoms with Gasteiger partial charge in [-0.3, -0.25) is 18.0 Å². The molecule has 0 aliphatic carbocycles. The van der Waals surface area contributed by atoms with Gasteiger partial charge in [-0.1, -0.05) is 0 Å². The summed E-state index contributed by atoms with van der Waals surface area (Å²) in [7, 11) is 0. The predicted octanol–water partition coefficient (Wildman–Crippen LogP) is 3.42. The molecule has 0 saturated heterocycles. The Morgan fingerprint density at radius 1 is 1.04 bits per heavy atom. The lowest BCUT2D eigenvalue weighted by atomic mass is 9.71. The standard InChI is InChI=1S/C15H26F3NO4/c1-14(2,3)23-13(22)19-11(10-12(20)21)15(4-7-16,5-8-17)6-9-18/h11H,4-10H2,1-3H3,(H,19,22)(H,20,21). The van der Waals surface area contributed by atoms with Gasteiger partial charge in [-0.2, -0.15) is 0 Å². The van der Waals surface area contributed by atoms with E-state index in [0.717, 1.165) is 0 Å². The van der Waals surface area contributed by atoms with E-state index in [-0.39, 0.29) is 19.3 Å². The second-order valence-corrected chi connectivity index (χ2v) is 6.48. The molecule has 0 aromatic heterocycles. The first-order valence-corrected chi connectivity index (χ1v) is 7.49. The summed E-state index contributed by atoms with van der Waals surface area (Å²) in [4.78, 5) is 23.0. The smallest absolute Gasteiger partial charge is 0.407 e. The van der Waals surface area contributed by atoms with Crippen LogP contribution in [0.2, 0.25) is 0 Å². The van der Waals surface area contributed by atoms with E-state index in [2.05, 4.69) is 5.32 Å². The van der Waals surface area contributed by atoms with Gasteiger partial charge in [0.1, 0.15) is 5.60 Å². The van der Waals surface area contributed by atoms with Crippen LogP contribution in [-0.4, -0.2) is 48.8 Å². The lowest BCUT2D eigenvalue weighted by Gasteiger charge is -2.39. The highest BCUT2D eigenvalue weighted by atomic mass is 19.1. The molecule has 0 fully saturated rings. The van der Waals surface area contributed by atoms with Gasteiger partial charge in [0.25, 0.3) is 0 Å². The van der Waals surface area contributed by atoms with Gasteiger partial charge in [-0.05, 0) is 45.4 Å². The molecule has 1 amide bonds. The molecule has 0 heterocycles. The zero-order valence-corrected chi connectivity index (χ0v) is 13.8. The quantitative estimate of drug-likeness (QED) is 0.638. The van der Waals surface area contributed by atoms with Gasteiger partial charge in [0.2, 0.25) is 0 Å². The number of aliphatic carboxylic acids is 1. The maximum absolute atomic E-state index is 12.9. The molecule has 0 aliphatic heterocycles. The van der Waals surface area contributed by atoms with Crippen LogP contribution in [-0.2, 0) is 9.53 Å². The minimum atomic E-state index is -1.31. The summed E-state index contributed by atoms with van der Waals surface area (Å²) < 4.78 is 43.8. The summed E-state index contributed by atoms with van der Waals surface area (Å²) in [6.45, 7) is 2.26. The van der Waals surface area contributed by atoms with Gasteiger partial charge in [0.15, 0.2) is 0 Å². The fourth-order valence-electron chi connectivity index (χ4n) is 2.51. The molecular formula is C15H26F3NO4. The Kier molecular flexibility index (Phi) is 9.01. The lowest BCUT2D eigenvalue weighted by molar-refractivity contribution is -0.138. The van der Waals surface area contributed by atoms with Crippen molar-refractivity contribution in [3.63, 3.8) is 0 Å². The van der Waals surface area contributed by atoms with Gasteiger partial charge < -0.3 is 15.2 Å². The average Bonchev–Trinajstić information content (AvgIpc) is 2.35. The van der Waals surface area contributed by atoms with E-state index >= 15 is 0 Å². The third-order valence-electron chi connectivity index (χ3n) is 3.59. The van der Waals surface area contributed by atoms with Gasteiger partial charge in [-0.15, -0.1) is 0 Å². The Hall–Kier alpha value is -1.47. The summed E-state index contributed by atoms with van der Waals surface area (Å²) in [6.07, 6.45) is -2.19. The van der Waals surface area contributed by atoms with Gasteiger partial charge in [-0.25, -0.2) is 4.79 Å². The highest BCUT2D eigenvalue weighted by Crippen LogP contribution is 2.37. The van der Waals surface area contributed by atoms with Crippen LogP contribution >= 0.6 is 0 Å². The van der Waals surface area contributed by atoms with Crippen molar-refractivity contribution < 1.29 is 32.6 Å². The van der Waals surface area contributed by atoms with Crippen LogP contribution in [0, 0.1) is 5.41 Å². The van der Waals surface area contributed by atoms with Crippen LogP contribution in [0.1, 0.15) is 46.5 Å². The number of carboxylic acids is 1. The number of alkyl halides is 3. The van der Waals surface area contributed by atoms with Crippen molar-refractivity contribution in [2.45, 2.75) is 58.1 Å². The van der Waals surface area contributed by atoms with Crippen LogP contribution in [0.25, 0.3) is 0 Å². The third-order valence-corrected chi connectivity index (χ3v) is 3.59. The van der Waals surface area contributed by atoms with Crippen molar-refractivity contribution >= 4 is 12.1 Å². The molecule has 0 aliphatic rings. The third kappa shape index (κ3) is 8.08. The topological polar surface area (TPSA) is 75.6 Å². The van der Waals surface area contributed by atoms with E-state index in [9.17, 15) is 22.8 Å². The van der Waals surface area contributed by atoms with Gasteiger partial charge in [0.05, 0.1) is 26.4 Å². The Balaban J connectivity index is 5.41. The summed E-state index contributed by atoms with van der Waals surface area (Å²) in [6, 6.07) is -1.13. The highest BCUT2D eigenvalue weighted by Gasteiger charge is 2.41. The number of hydrogen-bond acceptors (Lipinski definition) is 3. The lowest BCUT2D eigenvalue weighted by Crippen LogP contribution is -2.51. The maximum atomic E-state index is 12.9. The number of alkyl carbamates (subject to hydrolysis) is 1. The van der Waals surface area contributed by atoms with Crippen molar-refractivity contribution in [3.8, 4) is 0 Å². The molecule has 0 saturated carbocycles. The molecule has 136 valence electrons. The molecule has 5 nitrogen and oxygen atoms in total. The SMILES string of the molecule is CC(C)(C)OC(=O)NC(CC(=O)O)C(CCF)(CCF)CCF. The van der Waals surface area contributed by atoms with Crippen LogP contribution in [0.4, 0.5) is 18.0 Å². The zero-order chi connectivity index (χ0) is 18.1. The van der Waals surface area contributed by atoms with Crippen LogP contribution in [0.3, 0.4) is 0 Å². The molecule has 8 heteroatoms. The molecule has 0 spiro atoms. The molecule has 23 heavy (non-hydrogen) atoms. The monoisotopic (exact) mass is 341 g/mol. The normalized spacial score (nSPS) is 13.5. The van der Waals surface area contributed by atoms with E-state index in [1.165, 1.54) is 0 Å². The molecule has 1 atom stereocenters. The number of ether oxygens (including phenoxy) is 1. The number of amides is 1. The second-order valence-electron chi connectivity index (χ2n) is 6.48. The first-order chi connectivity index (χ1) is 10.6. The van der Waals surface area contributed by atoms with E-state index < -0.39 is 55.6 Å². The molecule has 0 aromatic carbocycles. The number of rotatable bonds is 10. The van der Waals surface area contributed by atoms with Crippen molar-refractivity contribution in [2.24, 2.45) is 5.41 Å². The van der Waals surface area contributed by atoms with E-state index in [0.29, 0.717) is 0 Å². The summed E-state index contributed by atoms with van der Waals surface area (Å²) in [5.41, 5.74) is -2.13. The van der Waals surface area contributed by atoms with Crippen molar-refractivity contribution in [1.82, 2.24) is 5.32 Å². The Morgan fingerprint density at radius 3 is 1.78 bits per heavy atom. The number of hydrogen-bond donors (Lipinski definition) is 2. The maximum Gasteiger partial charge on any atom is 0.407 e. The summed E-state index contributed by atoms with van der Waals surface area (Å²) in [5, 5.41) is 11.4. The Bertz CT molecular complexity index is 368. The number of carbonyl (C=O) groups is 2. The number of nitrogens with one attached hydrogen (secondary N) is 1. The van der Waals surface area contributed by atoms with Crippen LogP contribution in [0.15, 0.2) is 0 Å². The zero-order valence-electron chi connectivity index (χ0n) is 13.8. The second kappa shape index (κ2) is 9.62. The van der Waals surface area contributed by atoms with Crippen molar-refractivity contribution in [3.05, 3.63) is 0 Å². The van der Waals surface area contributed by atoms with Crippen molar-refractivity contribution in [1.29, 1.82) is 0 Å². The Morgan fingerprint density at radius 2 is 1.48 bits per heavy atom. The average molecular weight is 341 g/mol. The van der Waals surface area contributed by atoms with E-state index in [1.807, 2.05) is 0 Å². The number of halogens is 3. The van der Waals surface area contributed by atoms with Crippen LogP contribution < -0.4 is 5.32 Å². The number of carbonyl (C=O) groups excluding carboxylic acids is 1. The highest BCUT2D eigenvalue weighted by molar-refractivity contribution is 5.71. The van der Waals surface area contributed by atoms with Gasteiger partial charge in [0, 0.05) is 6.04 Å². The van der Waals surface area contributed by atoms with E-state index in [1.54, 1.807) is 20.8 Å². The first kappa shape index (κ1) is 21.5. The summed E-state index contributed by atoms with van der Waals surface area (Å²) >= 11 is 0. The molecular weight excluding hydrogens is 315 g/mol. The van der Waals surface area contributed by atoms with Crippen LogP contribution in [0.5, 0.6) is 0 Å². The predicted molar refractivity (Wildman–Crippen MR) is 79.6 cm³/mol. The first-order valence-electron chi connectivity index (χ1n) is 7.49. The minimum absolute atomic E-state index is 0.241.